The Morgan fingerprint density at radius 2 is 2.21 bits per heavy atom. The molecule has 2 amide bonds. The second kappa shape index (κ2) is 7.07. The third kappa shape index (κ3) is 3.30. The second-order valence-corrected chi connectivity index (χ2v) is 6.60. The average Bonchev–Trinajstić information content (AvgIpc) is 3.24. The molecule has 1 N–H and O–H groups in total. The molecule has 2 aromatic rings. The molecule has 1 saturated heterocycles. The number of hydrogen-bond acceptors (Lipinski definition) is 3. The maximum absolute atomic E-state index is 12.8. The van der Waals surface area contributed by atoms with Crippen molar-refractivity contribution in [2.45, 2.75) is 52.0 Å². The van der Waals surface area contributed by atoms with Crippen molar-refractivity contribution in [3.05, 3.63) is 47.3 Å². The highest BCUT2D eigenvalue weighted by atomic mass is 16.5. The first-order chi connectivity index (χ1) is 11.6. The number of aryl methyl sites for hydroxylation is 1. The van der Waals surface area contributed by atoms with Gasteiger partial charge in [-0.15, -0.1) is 0 Å². The minimum Gasteiger partial charge on any atom is -0.361 e. The van der Waals surface area contributed by atoms with Crippen molar-refractivity contribution in [1.82, 2.24) is 10.1 Å². The van der Waals surface area contributed by atoms with Crippen molar-refractivity contribution >= 4 is 11.7 Å². The lowest BCUT2D eigenvalue weighted by molar-refractivity contribution is 0.204. The van der Waals surface area contributed by atoms with Gasteiger partial charge in [0.15, 0.2) is 0 Å². The zero-order valence-electron chi connectivity index (χ0n) is 14.6. The Hall–Kier alpha value is -2.30. The molecule has 1 aromatic heterocycles. The molecule has 0 bridgehead atoms. The third-order valence-electron chi connectivity index (χ3n) is 4.61. The van der Waals surface area contributed by atoms with Gasteiger partial charge in [0.1, 0.15) is 11.5 Å². The van der Waals surface area contributed by atoms with Gasteiger partial charge in [-0.2, -0.15) is 0 Å². The molecule has 5 heteroatoms. The summed E-state index contributed by atoms with van der Waals surface area (Å²) in [7, 11) is 0. The van der Waals surface area contributed by atoms with Gasteiger partial charge in [-0.05, 0) is 30.9 Å². The smallest absolute Gasteiger partial charge is 0.322 e. The highest BCUT2D eigenvalue weighted by Gasteiger charge is 2.32. The molecule has 0 unspecified atom stereocenters. The van der Waals surface area contributed by atoms with E-state index in [1.807, 2.05) is 35.2 Å². The van der Waals surface area contributed by atoms with E-state index in [0.29, 0.717) is 5.92 Å². The molecule has 128 valence electrons. The molecule has 2 heterocycles. The summed E-state index contributed by atoms with van der Waals surface area (Å²) >= 11 is 0. The van der Waals surface area contributed by atoms with Crippen molar-refractivity contribution in [1.29, 1.82) is 0 Å². The summed E-state index contributed by atoms with van der Waals surface area (Å²) in [6.45, 7) is 6.98. The normalized spacial score (nSPS) is 17.5. The highest BCUT2D eigenvalue weighted by molar-refractivity contribution is 5.90. The van der Waals surface area contributed by atoms with E-state index in [9.17, 15) is 4.79 Å². The van der Waals surface area contributed by atoms with Gasteiger partial charge in [-0.25, -0.2) is 4.79 Å². The molecule has 1 fully saturated rings. The summed E-state index contributed by atoms with van der Waals surface area (Å²) < 4.78 is 5.41. The SMILES string of the molecule is CCc1ccccc1NC(=O)N1CCC[C@H]1c1cc(C(C)C)on1. The lowest BCUT2D eigenvalue weighted by Gasteiger charge is -2.24. The summed E-state index contributed by atoms with van der Waals surface area (Å²) in [6.07, 6.45) is 2.80. The van der Waals surface area contributed by atoms with Crippen LogP contribution in [-0.2, 0) is 6.42 Å². The van der Waals surface area contributed by atoms with Crippen molar-refractivity contribution in [3.8, 4) is 0 Å². The van der Waals surface area contributed by atoms with Crippen LogP contribution in [0.3, 0.4) is 0 Å². The lowest BCUT2D eigenvalue weighted by atomic mass is 10.1. The van der Waals surface area contributed by atoms with Crippen LogP contribution in [-0.4, -0.2) is 22.6 Å². The first kappa shape index (κ1) is 16.6. The van der Waals surface area contributed by atoms with Crippen molar-refractivity contribution < 1.29 is 9.32 Å². The summed E-state index contributed by atoms with van der Waals surface area (Å²) in [5.74, 6) is 1.17. The molecule has 0 spiro atoms. The van der Waals surface area contributed by atoms with Crippen LogP contribution in [0.4, 0.5) is 10.5 Å². The monoisotopic (exact) mass is 327 g/mol. The lowest BCUT2D eigenvalue weighted by Crippen LogP contribution is -2.34. The van der Waals surface area contributed by atoms with E-state index in [2.05, 4.69) is 31.2 Å². The van der Waals surface area contributed by atoms with Gasteiger partial charge in [0, 0.05) is 24.2 Å². The number of para-hydroxylation sites is 1. The maximum Gasteiger partial charge on any atom is 0.322 e. The van der Waals surface area contributed by atoms with Gasteiger partial charge in [0.25, 0.3) is 0 Å². The minimum atomic E-state index is -0.0625. The zero-order chi connectivity index (χ0) is 17.1. The molecule has 1 aliphatic heterocycles. The van der Waals surface area contributed by atoms with Gasteiger partial charge >= 0.3 is 6.03 Å². The van der Waals surface area contributed by atoms with E-state index in [0.717, 1.165) is 48.5 Å². The third-order valence-corrected chi connectivity index (χ3v) is 4.61. The van der Waals surface area contributed by atoms with Crippen LogP contribution in [0.1, 0.15) is 62.6 Å². The number of rotatable bonds is 4. The van der Waals surface area contributed by atoms with Crippen molar-refractivity contribution in [3.63, 3.8) is 0 Å². The first-order valence-corrected chi connectivity index (χ1v) is 8.72. The number of carbonyl (C=O) groups is 1. The number of amides is 2. The predicted octanol–water partition coefficient (Wildman–Crippen LogP) is 4.73. The number of carbonyl (C=O) groups excluding carboxylic acids is 1. The molecule has 1 aliphatic rings. The summed E-state index contributed by atoms with van der Waals surface area (Å²) in [5.41, 5.74) is 2.89. The van der Waals surface area contributed by atoms with E-state index >= 15 is 0 Å². The number of hydrogen-bond donors (Lipinski definition) is 1. The fourth-order valence-electron chi connectivity index (χ4n) is 3.19. The quantitative estimate of drug-likeness (QED) is 0.883. The number of likely N-dealkylation sites (tertiary alicyclic amines) is 1. The van der Waals surface area contributed by atoms with Crippen molar-refractivity contribution in [2.24, 2.45) is 0 Å². The molecule has 0 aliphatic carbocycles. The Morgan fingerprint density at radius 1 is 1.42 bits per heavy atom. The average molecular weight is 327 g/mol. The minimum absolute atomic E-state index is 0.00459. The Kier molecular flexibility index (Phi) is 4.88. The molecular weight excluding hydrogens is 302 g/mol. The van der Waals surface area contributed by atoms with Crippen LogP contribution in [0.5, 0.6) is 0 Å². The number of aromatic nitrogens is 1. The second-order valence-electron chi connectivity index (χ2n) is 6.60. The molecule has 24 heavy (non-hydrogen) atoms. The van der Waals surface area contributed by atoms with E-state index in [1.54, 1.807) is 0 Å². The van der Waals surface area contributed by atoms with Crippen LogP contribution >= 0.6 is 0 Å². The molecule has 1 atom stereocenters. The predicted molar refractivity (Wildman–Crippen MR) is 94.1 cm³/mol. The van der Waals surface area contributed by atoms with Gasteiger partial charge in [-0.1, -0.05) is 44.1 Å². The Morgan fingerprint density at radius 3 is 2.92 bits per heavy atom. The van der Waals surface area contributed by atoms with Gasteiger partial charge in [0.2, 0.25) is 0 Å². The number of anilines is 1. The van der Waals surface area contributed by atoms with E-state index in [-0.39, 0.29) is 12.1 Å². The Balaban J connectivity index is 1.76. The molecule has 0 saturated carbocycles. The summed E-state index contributed by atoms with van der Waals surface area (Å²) in [6, 6.07) is 9.86. The highest BCUT2D eigenvalue weighted by Crippen LogP contribution is 2.33. The Labute approximate surface area is 143 Å². The van der Waals surface area contributed by atoms with Gasteiger partial charge in [0.05, 0.1) is 6.04 Å². The fraction of sp³-hybridized carbons (Fsp3) is 0.474. The van der Waals surface area contributed by atoms with Crippen LogP contribution in [0.2, 0.25) is 0 Å². The van der Waals surface area contributed by atoms with Crippen LogP contribution < -0.4 is 5.32 Å². The maximum atomic E-state index is 12.8. The molecule has 1 aromatic carbocycles. The van der Waals surface area contributed by atoms with Crippen LogP contribution in [0.25, 0.3) is 0 Å². The standard InChI is InChI=1S/C19H25N3O2/c1-4-14-8-5-6-9-15(14)20-19(23)22-11-7-10-17(22)16-12-18(13(2)3)24-21-16/h5-6,8-9,12-13,17H,4,7,10-11H2,1-3H3,(H,20,23)/t17-/m0/s1. The van der Waals surface area contributed by atoms with E-state index in [1.165, 1.54) is 0 Å². The molecule has 0 radical (unpaired) electrons. The Bertz CT molecular complexity index is 708. The van der Waals surface area contributed by atoms with Crippen LogP contribution in [0.15, 0.2) is 34.9 Å². The molecule has 5 nitrogen and oxygen atoms in total. The number of nitrogens with one attached hydrogen (secondary N) is 1. The van der Waals surface area contributed by atoms with Crippen molar-refractivity contribution in [2.75, 3.05) is 11.9 Å². The number of nitrogens with zero attached hydrogens (tertiary/aromatic N) is 2. The van der Waals surface area contributed by atoms with Crippen LogP contribution in [0, 0.1) is 0 Å². The number of benzene rings is 1. The molecular formula is C19H25N3O2. The summed E-state index contributed by atoms with van der Waals surface area (Å²) in [5, 5.41) is 7.26. The zero-order valence-corrected chi connectivity index (χ0v) is 14.6. The topological polar surface area (TPSA) is 58.4 Å². The summed E-state index contributed by atoms with van der Waals surface area (Å²) in [4.78, 5) is 14.6. The first-order valence-electron chi connectivity index (χ1n) is 8.72. The fourth-order valence-corrected chi connectivity index (χ4v) is 3.19. The largest absolute Gasteiger partial charge is 0.361 e. The van der Waals surface area contributed by atoms with Gasteiger partial charge < -0.3 is 14.7 Å². The van der Waals surface area contributed by atoms with Gasteiger partial charge in [-0.3, -0.25) is 0 Å². The number of urea groups is 1. The van der Waals surface area contributed by atoms with E-state index in [4.69, 9.17) is 4.52 Å². The van der Waals surface area contributed by atoms with E-state index < -0.39 is 0 Å². The molecule has 3 rings (SSSR count).